The minimum atomic E-state index is -0.471. The lowest BCUT2D eigenvalue weighted by Gasteiger charge is -2.28. The number of Topliss-reactive ketones (excluding diaryl/α,β-unsaturated/α-hetero) is 1. The van der Waals surface area contributed by atoms with Gasteiger partial charge in [0.2, 0.25) is 0 Å². The van der Waals surface area contributed by atoms with Crippen molar-refractivity contribution in [2.24, 2.45) is 14.1 Å². The fourth-order valence-electron chi connectivity index (χ4n) is 2.73. The van der Waals surface area contributed by atoms with Gasteiger partial charge in [-0.25, -0.2) is 4.79 Å². The molecular weight excluding hydrogens is 358 g/mol. The SMILES string of the molecule is COC(=O)N1C/C(=C/c2cnn(C)c2)C(=O)/C(=C/c2cnn(C)c2)C1.Cl. The topological polar surface area (TPSA) is 82.2 Å². The monoisotopic (exact) mass is 377 g/mol. The van der Waals surface area contributed by atoms with Crippen LogP contribution in [0.4, 0.5) is 4.79 Å². The van der Waals surface area contributed by atoms with E-state index in [1.165, 1.54) is 12.0 Å². The summed E-state index contributed by atoms with van der Waals surface area (Å²) in [5, 5.41) is 8.19. The second kappa shape index (κ2) is 8.01. The van der Waals surface area contributed by atoms with Crippen LogP contribution in [0.15, 0.2) is 35.9 Å². The van der Waals surface area contributed by atoms with Crippen LogP contribution in [-0.2, 0) is 23.6 Å². The lowest BCUT2D eigenvalue weighted by molar-refractivity contribution is -0.113. The molecule has 138 valence electrons. The number of hydrogen-bond donors (Lipinski definition) is 0. The lowest BCUT2D eigenvalue weighted by Crippen LogP contribution is -2.41. The third kappa shape index (κ3) is 4.20. The number of ether oxygens (including phenoxy) is 1. The zero-order chi connectivity index (χ0) is 18.0. The molecule has 0 spiro atoms. The normalized spacial score (nSPS) is 17.5. The van der Waals surface area contributed by atoms with Crippen molar-refractivity contribution in [3.05, 3.63) is 47.1 Å². The Morgan fingerprint density at radius 3 is 1.85 bits per heavy atom. The van der Waals surface area contributed by atoms with Crippen molar-refractivity contribution in [3.8, 4) is 0 Å². The molecule has 0 radical (unpaired) electrons. The fourth-order valence-corrected chi connectivity index (χ4v) is 2.73. The molecule has 2 aromatic heterocycles. The van der Waals surface area contributed by atoms with Crippen LogP contribution in [0.25, 0.3) is 12.2 Å². The van der Waals surface area contributed by atoms with E-state index in [1.54, 1.807) is 48.0 Å². The fraction of sp³-hybridized carbons (Fsp3) is 0.294. The largest absolute Gasteiger partial charge is 0.453 e. The number of rotatable bonds is 2. The van der Waals surface area contributed by atoms with Crippen molar-refractivity contribution < 1.29 is 14.3 Å². The zero-order valence-corrected chi connectivity index (χ0v) is 15.6. The van der Waals surface area contributed by atoms with Gasteiger partial charge in [0.1, 0.15) is 0 Å². The Kier molecular flexibility index (Phi) is 5.99. The Morgan fingerprint density at radius 1 is 1.04 bits per heavy atom. The number of likely N-dealkylation sites (tertiary alicyclic amines) is 1. The van der Waals surface area contributed by atoms with E-state index in [0.29, 0.717) is 11.1 Å². The molecular formula is C17H20ClN5O3. The van der Waals surface area contributed by atoms with Gasteiger partial charge in [-0.1, -0.05) is 0 Å². The quantitative estimate of drug-likeness (QED) is 0.744. The second-order valence-electron chi connectivity index (χ2n) is 5.89. The molecule has 3 heterocycles. The third-order valence-corrected chi connectivity index (χ3v) is 3.87. The highest BCUT2D eigenvalue weighted by Crippen LogP contribution is 2.22. The van der Waals surface area contributed by atoms with E-state index in [4.69, 9.17) is 4.74 Å². The molecule has 8 nitrogen and oxygen atoms in total. The van der Waals surface area contributed by atoms with Crippen LogP contribution < -0.4 is 0 Å². The second-order valence-corrected chi connectivity index (χ2v) is 5.89. The molecule has 0 aliphatic carbocycles. The van der Waals surface area contributed by atoms with Crippen molar-refractivity contribution in [3.63, 3.8) is 0 Å². The zero-order valence-electron chi connectivity index (χ0n) is 14.7. The van der Waals surface area contributed by atoms with Crippen molar-refractivity contribution >= 4 is 36.4 Å². The summed E-state index contributed by atoms with van der Waals surface area (Å²) in [6.45, 7) is 0.398. The molecule has 1 saturated heterocycles. The predicted octanol–water partition coefficient (Wildman–Crippen LogP) is 1.69. The highest BCUT2D eigenvalue weighted by atomic mass is 35.5. The van der Waals surface area contributed by atoms with Gasteiger partial charge in [-0.2, -0.15) is 10.2 Å². The molecule has 3 rings (SSSR count). The maximum Gasteiger partial charge on any atom is 0.410 e. The molecule has 0 unspecified atom stereocenters. The summed E-state index contributed by atoms with van der Waals surface area (Å²) in [6, 6.07) is 0. The number of hydrogen-bond acceptors (Lipinski definition) is 5. The first-order chi connectivity index (χ1) is 12.0. The molecule has 0 N–H and O–H groups in total. The van der Waals surface area contributed by atoms with E-state index < -0.39 is 6.09 Å². The summed E-state index contributed by atoms with van der Waals surface area (Å²) in [5.41, 5.74) is 2.64. The molecule has 0 atom stereocenters. The Hall–Kier alpha value is -2.87. The van der Waals surface area contributed by atoms with Crippen molar-refractivity contribution in [2.75, 3.05) is 20.2 Å². The smallest absolute Gasteiger partial charge is 0.410 e. The van der Waals surface area contributed by atoms with Crippen LogP contribution in [-0.4, -0.2) is 56.5 Å². The maximum atomic E-state index is 12.8. The van der Waals surface area contributed by atoms with Crippen LogP contribution in [0, 0.1) is 0 Å². The summed E-state index contributed by atoms with van der Waals surface area (Å²) < 4.78 is 8.13. The lowest BCUT2D eigenvalue weighted by atomic mass is 9.95. The molecule has 1 fully saturated rings. The number of piperidine rings is 1. The average Bonchev–Trinajstić information content (AvgIpc) is 3.18. The van der Waals surface area contributed by atoms with Gasteiger partial charge in [0.15, 0.2) is 5.78 Å². The third-order valence-electron chi connectivity index (χ3n) is 3.87. The number of carbonyl (C=O) groups is 2. The number of ketones is 1. The summed E-state index contributed by atoms with van der Waals surface area (Å²) in [7, 11) is 4.94. The number of carbonyl (C=O) groups excluding carboxylic acids is 2. The number of nitrogens with zero attached hydrogens (tertiary/aromatic N) is 5. The minimum absolute atomic E-state index is 0. The molecule has 0 saturated carbocycles. The molecule has 1 amide bonds. The van der Waals surface area contributed by atoms with Crippen LogP contribution in [0.5, 0.6) is 0 Å². The Balaban J connectivity index is 0.00000243. The van der Waals surface area contributed by atoms with Crippen LogP contribution in [0.3, 0.4) is 0 Å². The summed E-state index contributed by atoms with van der Waals surface area (Å²) >= 11 is 0. The van der Waals surface area contributed by atoms with E-state index in [0.717, 1.165) is 11.1 Å². The van der Waals surface area contributed by atoms with Crippen LogP contribution >= 0.6 is 12.4 Å². The van der Waals surface area contributed by atoms with Gasteiger partial charge in [-0.05, 0) is 12.2 Å². The van der Waals surface area contributed by atoms with Crippen molar-refractivity contribution in [1.82, 2.24) is 24.5 Å². The highest BCUT2D eigenvalue weighted by Gasteiger charge is 2.29. The molecule has 0 bridgehead atoms. The van der Waals surface area contributed by atoms with Gasteiger partial charge in [0, 0.05) is 48.8 Å². The first-order valence-electron chi connectivity index (χ1n) is 7.72. The Morgan fingerprint density at radius 2 is 1.50 bits per heavy atom. The number of halogens is 1. The van der Waals surface area contributed by atoms with Gasteiger partial charge in [-0.15, -0.1) is 12.4 Å². The molecule has 1 aliphatic rings. The van der Waals surface area contributed by atoms with Gasteiger partial charge < -0.3 is 4.74 Å². The van der Waals surface area contributed by atoms with E-state index in [-0.39, 0.29) is 31.3 Å². The van der Waals surface area contributed by atoms with E-state index in [9.17, 15) is 9.59 Å². The Labute approximate surface area is 157 Å². The number of amides is 1. The summed E-state index contributed by atoms with van der Waals surface area (Å²) in [6.07, 6.45) is 9.98. The molecule has 1 aliphatic heterocycles. The minimum Gasteiger partial charge on any atom is -0.453 e. The van der Waals surface area contributed by atoms with Gasteiger partial charge >= 0.3 is 6.09 Å². The molecule has 26 heavy (non-hydrogen) atoms. The van der Waals surface area contributed by atoms with Gasteiger partial charge in [0.05, 0.1) is 32.6 Å². The van der Waals surface area contributed by atoms with Crippen LogP contribution in [0.1, 0.15) is 11.1 Å². The molecule has 0 aromatic carbocycles. The number of aromatic nitrogens is 4. The van der Waals surface area contributed by atoms with E-state index in [1.807, 2.05) is 12.4 Å². The summed E-state index contributed by atoms with van der Waals surface area (Å²) in [5.74, 6) is -0.0899. The first-order valence-corrected chi connectivity index (χ1v) is 7.72. The highest BCUT2D eigenvalue weighted by molar-refractivity contribution is 6.15. The average molecular weight is 378 g/mol. The Bertz CT molecular complexity index is 818. The van der Waals surface area contributed by atoms with Crippen molar-refractivity contribution in [1.29, 1.82) is 0 Å². The van der Waals surface area contributed by atoms with E-state index >= 15 is 0 Å². The van der Waals surface area contributed by atoms with E-state index in [2.05, 4.69) is 10.2 Å². The number of methoxy groups -OCH3 is 1. The molecule has 9 heteroatoms. The standard InChI is InChI=1S/C17H19N5O3.ClH/c1-20-8-12(6-18-20)4-14-10-22(17(24)25-3)11-15(16(14)23)5-13-7-19-21(2)9-13;/h4-9H,10-11H2,1-3H3;1H/b14-4-,15-5+;. The van der Waals surface area contributed by atoms with Crippen LogP contribution in [0.2, 0.25) is 0 Å². The van der Waals surface area contributed by atoms with Gasteiger partial charge in [-0.3, -0.25) is 19.1 Å². The number of aryl methyl sites for hydroxylation is 2. The summed E-state index contributed by atoms with van der Waals surface area (Å²) in [4.78, 5) is 26.3. The van der Waals surface area contributed by atoms with Crippen molar-refractivity contribution in [2.45, 2.75) is 0 Å². The predicted molar refractivity (Wildman–Crippen MR) is 98.6 cm³/mol. The van der Waals surface area contributed by atoms with Gasteiger partial charge in [0.25, 0.3) is 0 Å². The first kappa shape index (κ1) is 19.5. The molecule has 2 aromatic rings. The maximum absolute atomic E-state index is 12.8.